The lowest BCUT2D eigenvalue weighted by Crippen LogP contribution is -2.04. The summed E-state index contributed by atoms with van der Waals surface area (Å²) in [5.41, 5.74) is 5.81. The van der Waals surface area contributed by atoms with Gasteiger partial charge in [-0.2, -0.15) is 13.2 Å². The summed E-state index contributed by atoms with van der Waals surface area (Å²) in [5.74, 6) is 0.334. The van der Waals surface area contributed by atoms with Crippen LogP contribution in [0.2, 0.25) is 0 Å². The van der Waals surface area contributed by atoms with E-state index < -0.39 is 11.7 Å². The van der Waals surface area contributed by atoms with Gasteiger partial charge in [-0.05, 0) is 29.8 Å². The summed E-state index contributed by atoms with van der Waals surface area (Å²) in [7, 11) is 0. The Kier molecular flexibility index (Phi) is 2.75. The van der Waals surface area contributed by atoms with Crippen LogP contribution >= 0.6 is 0 Å². The Morgan fingerprint density at radius 2 is 1.76 bits per heavy atom. The van der Waals surface area contributed by atoms with E-state index in [1.165, 1.54) is 12.3 Å². The fraction of sp³-hybridized carbons (Fsp3) is 0.0833. The number of alkyl halides is 3. The molecule has 1 aromatic heterocycles. The summed E-state index contributed by atoms with van der Waals surface area (Å²) in [6.07, 6.45) is -2.89. The zero-order chi connectivity index (χ0) is 12.5. The summed E-state index contributed by atoms with van der Waals surface area (Å²) in [4.78, 5) is 3.84. The molecule has 0 aliphatic carbocycles. The third-order valence-corrected chi connectivity index (χ3v) is 2.31. The number of pyridine rings is 1. The highest BCUT2D eigenvalue weighted by molar-refractivity contribution is 5.64. The molecular formula is C12H9F3N2. The summed E-state index contributed by atoms with van der Waals surface area (Å²) in [5, 5.41) is 0. The number of hydrogen-bond acceptors (Lipinski definition) is 2. The van der Waals surface area contributed by atoms with Gasteiger partial charge in [0.25, 0.3) is 0 Å². The molecule has 0 unspecified atom stereocenters. The third-order valence-electron chi connectivity index (χ3n) is 2.31. The van der Waals surface area contributed by atoms with Crippen LogP contribution in [0.25, 0.3) is 11.1 Å². The monoisotopic (exact) mass is 238 g/mol. The Hall–Kier alpha value is -2.04. The number of benzene rings is 1. The second-order valence-electron chi connectivity index (χ2n) is 3.55. The van der Waals surface area contributed by atoms with E-state index in [4.69, 9.17) is 5.73 Å². The number of nitrogens with two attached hydrogens (primary N) is 1. The van der Waals surface area contributed by atoms with Crippen LogP contribution < -0.4 is 5.73 Å². The normalized spacial score (nSPS) is 11.5. The molecule has 1 heterocycles. The molecule has 2 N–H and O–H groups in total. The van der Waals surface area contributed by atoms with E-state index in [0.29, 0.717) is 16.9 Å². The topological polar surface area (TPSA) is 38.9 Å². The molecule has 0 saturated carbocycles. The highest BCUT2D eigenvalue weighted by atomic mass is 19.4. The lowest BCUT2D eigenvalue weighted by atomic mass is 10.0. The molecule has 2 rings (SSSR count). The second-order valence-corrected chi connectivity index (χ2v) is 3.55. The van der Waals surface area contributed by atoms with Gasteiger partial charge in [-0.15, -0.1) is 0 Å². The number of rotatable bonds is 1. The van der Waals surface area contributed by atoms with Crippen LogP contribution in [0.4, 0.5) is 19.0 Å². The molecule has 0 saturated heterocycles. The van der Waals surface area contributed by atoms with Crippen molar-refractivity contribution in [3.05, 3.63) is 48.2 Å². The first-order valence-corrected chi connectivity index (χ1v) is 4.86. The largest absolute Gasteiger partial charge is 0.416 e. The Labute approximate surface area is 95.9 Å². The number of halogens is 3. The second kappa shape index (κ2) is 4.08. The van der Waals surface area contributed by atoms with Crippen LogP contribution in [0, 0.1) is 0 Å². The van der Waals surface area contributed by atoms with Gasteiger partial charge in [0, 0.05) is 11.8 Å². The quantitative estimate of drug-likeness (QED) is 0.827. The summed E-state index contributed by atoms with van der Waals surface area (Å²) in [6.45, 7) is 0. The van der Waals surface area contributed by atoms with Gasteiger partial charge in [0.05, 0.1) is 5.56 Å². The Morgan fingerprint density at radius 1 is 1.00 bits per heavy atom. The molecule has 0 aliphatic heterocycles. The van der Waals surface area contributed by atoms with Crippen molar-refractivity contribution >= 4 is 5.82 Å². The average Bonchev–Trinajstić information content (AvgIpc) is 2.29. The average molecular weight is 238 g/mol. The van der Waals surface area contributed by atoms with Crippen molar-refractivity contribution in [2.75, 3.05) is 5.73 Å². The van der Waals surface area contributed by atoms with Crippen LogP contribution in [0.3, 0.4) is 0 Å². The predicted molar refractivity (Wildman–Crippen MR) is 59.1 cm³/mol. The molecule has 0 atom stereocenters. The van der Waals surface area contributed by atoms with E-state index in [2.05, 4.69) is 4.98 Å². The lowest BCUT2D eigenvalue weighted by Gasteiger charge is -2.08. The summed E-state index contributed by atoms with van der Waals surface area (Å²) >= 11 is 0. The minimum absolute atomic E-state index is 0.334. The molecular weight excluding hydrogens is 229 g/mol. The van der Waals surface area contributed by atoms with Crippen LogP contribution in [0.15, 0.2) is 42.6 Å². The van der Waals surface area contributed by atoms with Gasteiger partial charge in [0.15, 0.2) is 0 Å². The lowest BCUT2D eigenvalue weighted by molar-refractivity contribution is -0.137. The SMILES string of the molecule is Nc1ccc(-c2cccc(C(F)(F)F)c2)cn1. The first-order chi connectivity index (χ1) is 7.97. The highest BCUT2D eigenvalue weighted by Gasteiger charge is 2.30. The molecule has 0 aliphatic rings. The van der Waals surface area contributed by atoms with Gasteiger partial charge in [0.1, 0.15) is 5.82 Å². The van der Waals surface area contributed by atoms with Crippen molar-refractivity contribution < 1.29 is 13.2 Å². The molecule has 0 radical (unpaired) electrons. The molecule has 0 fully saturated rings. The molecule has 2 nitrogen and oxygen atoms in total. The molecule has 17 heavy (non-hydrogen) atoms. The highest BCUT2D eigenvalue weighted by Crippen LogP contribution is 2.31. The molecule has 0 amide bonds. The maximum absolute atomic E-state index is 12.5. The van der Waals surface area contributed by atoms with Crippen LogP contribution in [0.1, 0.15) is 5.56 Å². The van der Waals surface area contributed by atoms with E-state index in [1.807, 2.05) is 0 Å². The van der Waals surface area contributed by atoms with Crippen molar-refractivity contribution in [1.29, 1.82) is 0 Å². The van der Waals surface area contributed by atoms with Crippen molar-refractivity contribution in [2.45, 2.75) is 6.18 Å². The van der Waals surface area contributed by atoms with Gasteiger partial charge >= 0.3 is 6.18 Å². The summed E-state index contributed by atoms with van der Waals surface area (Å²) < 4.78 is 37.5. The van der Waals surface area contributed by atoms with Crippen LogP contribution in [-0.4, -0.2) is 4.98 Å². The van der Waals surface area contributed by atoms with E-state index in [1.54, 1.807) is 18.2 Å². The first-order valence-electron chi connectivity index (χ1n) is 4.86. The maximum Gasteiger partial charge on any atom is 0.416 e. The van der Waals surface area contributed by atoms with Gasteiger partial charge in [-0.25, -0.2) is 4.98 Å². The predicted octanol–water partition coefficient (Wildman–Crippen LogP) is 3.35. The zero-order valence-corrected chi connectivity index (χ0v) is 8.70. The van der Waals surface area contributed by atoms with Gasteiger partial charge in [-0.3, -0.25) is 0 Å². The Bertz CT molecular complexity index is 518. The minimum atomic E-state index is -4.34. The number of nitrogen functional groups attached to an aromatic ring is 1. The summed E-state index contributed by atoms with van der Waals surface area (Å²) in [6, 6.07) is 8.28. The fourth-order valence-corrected chi connectivity index (χ4v) is 1.45. The Balaban J connectivity index is 2.43. The molecule has 0 spiro atoms. The zero-order valence-electron chi connectivity index (χ0n) is 8.70. The van der Waals surface area contributed by atoms with E-state index in [0.717, 1.165) is 12.1 Å². The first kappa shape index (κ1) is 11.4. The van der Waals surface area contributed by atoms with Gasteiger partial charge in [-0.1, -0.05) is 12.1 Å². The fourth-order valence-electron chi connectivity index (χ4n) is 1.45. The molecule has 0 bridgehead atoms. The van der Waals surface area contributed by atoms with Gasteiger partial charge < -0.3 is 5.73 Å². The van der Waals surface area contributed by atoms with Gasteiger partial charge in [0.2, 0.25) is 0 Å². The number of anilines is 1. The van der Waals surface area contributed by atoms with Crippen LogP contribution in [-0.2, 0) is 6.18 Å². The van der Waals surface area contributed by atoms with Crippen molar-refractivity contribution in [1.82, 2.24) is 4.98 Å². The number of nitrogens with zero attached hydrogens (tertiary/aromatic N) is 1. The standard InChI is InChI=1S/C12H9F3N2/c13-12(14,15)10-3-1-2-8(6-10)9-4-5-11(16)17-7-9/h1-7H,(H2,16,17). The minimum Gasteiger partial charge on any atom is -0.384 e. The maximum atomic E-state index is 12.5. The van der Waals surface area contributed by atoms with Crippen molar-refractivity contribution in [3.8, 4) is 11.1 Å². The molecule has 2 aromatic rings. The smallest absolute Gasteiger partial charge is 0.384 e. The van der Waals surface area contributed by atoms with E-state index in [9.17, 15) is 13.2 Å². The van der Waals surface area contributed by atoms with E-state index in [-0.39, 0.29) is 0 Å². The number of aromatic nitrogens is 1. The molecule has 5 heteroatoms. The van der Waals surface area contributed by atoms with Crippen LogP contribution in [0.5, 0.6) is 0 Å². The molecule has 88 valence electrons. The Morgan fingerprint density at radius 3 is 2.35 bits per heavy atom. The third kappa shape index (κ3) is 2.55. The van der Waals surface area contributed by atoms with Crippen molar-refractivity contribution in [3.63, 3.8) is 0 Å². The molecule has 1 aromatic carbocycles. The van der Waals surface area contributed by atoms with Crippen molar-refractivity contribution in [2.24, 2.45) is 0 Å². The number of hydrogen-bond donors (Lipinski definition) is 1. The van der Waals surface area contributed by atoms with E-state index >= 15 is 0 Å².